The van der Waals surface area contributed by atoms with Gasteiger partial charge in [0.05, 0.1) is 12.2 Å². The molecule has 4 heteroatoms. The molecule has 0 unspecified atom stereocenters. The van der Waals surface area contributed by atoms with Gasteiger partial charge in [-0.1, -0.05) is 12.2 Å². The van der Waals surface area contributed by atoms with E-state index < -0.39 is 6.10 Å². The summed E-state index contributed by atoms with van der Waals surface area (Å²) in [5.74, 6) is -0.323. The van der Waals surface area contributed by atoms with Crippen LogP contribution in [0.1, 0.15) is 13.3 Å². The van der Waals surface area contributed by atoms with Crippen LogP contribution < -0.4 is 0 Å². The molecule has 3 atom stereocenters. The van der Waals surface area contributed by atoms with Gasteiger partial charge in [0.1, 0.15) is 12.7 Å². The molecule has 1 fully saturated rings. The first kappa shape index (κ1) is 11.9. The summed E-state index contributed by atoms with van der Waals surface area (Å²) < 4.78 is 10.1. The average Bonchev–Trinajstić information content (AvgIpc) is 2.54. The first-order chi connectivity index (χ1) is 7.13. The SMILES string of the molecule is C=C[C@@H]1C[C@H](O)[C@H](/C=C/COC(C)=O)O1. The summed E-state index contributed by atoms with van der Waals surface area (Å²) in [6, 6.07) is 0. The lowest BCUT2D eigenvalue weighted by Crippen LogP contribution is -2.18. The number of carbonyl (C=O) groups excluding carboxylic acids is 1. The Kier molecular flexibility index (Phi) is 4.52. The zero-order valence-electron chi connectivity index (χ0n) is 8.76. The standard InChI is InChI=1S/C11H16O4/c1-3-9-7-10(13)11(15-9)5-4-6-14-8(2)12/h3-5,9-11,13H,1,6-7H2,2H3/b5-4+/t9-,10+,11+/m1/s1. The highest BCUT2D eigenvalue weighted by Gasteiger charge is 2.29. The Morgan fingerprint density at radius 1 is 1.73 bits per heavy atom. The summed E-state index contributed by atoms with van der Waals surface area (Å²) in [6.45, 7) is 5.16. The van der Waals surface area contributed by atoms with E-state index in [-0.39, 0.29) is 24.8 Å². The van der Waals surface area contributed by atoms with E-state index in [0.29, 0.717) is 6.42 Å². The van der Waals surface area contributed by atoms with Crippen LogP contribution in [0.5, 0.6) is 0 Å². The van der Waals surface area contributed by atoms with E-state index in [9.17, 15) is 9.90 Å². The van der Waals surface area contributed by atoms with Gasteiger partial charge < -0.3 is 14.6 Å². The lowest BCUT2D eigenvalue weighted by Gasteiger charge is -2.08. The molecule has 1 saturated heterocycles. The molecule has 0 saturated carbocycles. The highest BCUT2D eigenvalue weighted by atomic mass is 16.5. The maximum Gasteiger partial charge on any atom is 0.302 e. The van der Waals surface area contributed by atoms with Gasteiger partial charge in [-0.25, -0.2) is 0 Å². The van der Waals surface area contributed by atoms with Crippen LogP contribution >= 0.6 is 0 Å². The fourth-order valence-corrected chi connectivity index (χ4v) is 1.40. The minimum Gasteiger partial charge on any atom is -0.462 e. The maximum atomic E-state index is 10.5. The Morgan fingerprint density at radius 2 is 2.47 bits per heavy atom. The van der Waals surface area contributed by atoms with Crippen LogP contribution in [0.4, 0.5) is 0 Å². The first-order valence-corrected chi connectivity index (χ1v) is 4.89. The molecule has 4 nitrogen and oxygen atoms in total. The Morgan fingerprint density at radius 3 is 3.00 bits per heavy atom. The summed E-state index contributed by atoms with van der Waals surface area (Å²) in [5, 5.41) is 9.57. The van der Waals surface area contributed by atoms with Gasteiger partial charge in [0.2, 0.25) is 0 Å². The molecule has 0 aliphatic carbocycles. The van der Waals surface area contributed by atoms with Gasteiger partial charge in [0.15, 0.2) is 0 Å². The van der Waals surface area contributed by atoms with Crippen LogP contribution in [0.2, 0.25) is 0 Å². The van der Waals surface area contributed by atoms with Crippen LogP contribution in [0.3, 0.4) is 0 Å². The predicted octanol–water partition coefficient (Wildman–Crippen LogP) is 0.810. The molecule has 84 valence electrons. The van der Waals surface area contributed by atoms with Crippen LogP contribution in [-0.4, -0.2) is 36.0 Å². The van der Waals surface area contributed by atoms with Crippen molar-refractivity contribution in [2.24, 2.45) is 0 Å². The summed E-state index contributed by atoms with van der Waals surface area (Å²) in [6.07, 6.45) is 4.67. The Hall–Kier alpha value is -1.13. The second-order valence-electron chi connectivity index (χ2n) is 3.41. The van der Waals surface area contributed by atoms with Gasteiger partial charge in [-0.15, -0.1) is 6.58 Å². The van der Waals surface area contributed by atoms with Crippen LogP contribution in [0, 0.1) is 0 Å². The molecule has 0 amide bonds. The van der Waals surface area contributed by atoms with E-state index in [0.717, 1.165) is 0 Å². The molecular formula is C11H16O4. The minimum atomic E-state index is -0.512. The van der Waals surface area contributed by atoms with E-state index in [1.165, 1.54) is 6.92 Å². The lowest BCUT2D eigenvalue weighted by molar-refractivity contribution is -0.139. The minimum absolute atomic E-state index is 0.0941. The van der Waals surface area contributed by atoms with Gasteiger partial charge >= 0.3 is 5.97 Å². The van der Waals surface area contributed by atoms with E-state index in [1.54, 1.807) is 18.2 Å². The number of rotatable bonds is 4. The third kappa shape index (κ3) is 3.85. The van der Waals surface area contributed by atoms with Crippen molar-refractivity contribution in [3.8, 4) is 0 Å². The molecule has 15 heavy (non-hydrogen) atoms. The number of hydrogen-bond acceptors (Lipinski definition) is 4. The van der Waals surface area contributed by atoms with E-state index in [4.69, 9.17) is 9.47 Å². The van der Waals surface area contributed by atoms with Gasteiger partial charge in [-0.3, -0.25) is 4.79 Å². The molecule has 0 radical (unpaired) electrons. The van der Waals surface area contributed by atoms with Crippen molar-refractivity contribution in [2.75, 3.05) is 6.61 Å². The van der Waals surface area contributed by atoms with Crippen LogP contribution in [0.15, 0.2) is 24.8 Å². The molecule has 1 aliphatic heterocycles. The second-order valence-corrected chi connectivity index (χ2v) is 3.41. The Balaban J connectivity index is 2.32. The third-order valence-corrected chi connectivity index (χ3v) is 2.16. The van der Waals surface area contributed by atoms with Crippen molar-refractivity contribution in [3.63, 3.8) is 0 Å². The van der Waals surface area contributed by atoms with Crippen molar-refractivity contribution in [3.05, 3.63) is 24.8 Å². The third-order valence-electron chi connectivity index (χ3n) is 2.16. The zero-order chi connectivity index (χ0) is 11.3. The molecule has 0 aromatic carbocycles. The van der Waals surface area contributed by atoms with Crippen LogP contribution in [0.25, 0.3) is 0 Å². The normalized spacial score (nSPS) is 30.7. The molecule has 0 aromatic rings. The summed E-state index contributed by atoms with van der Waals surface area (Å²) >= 11 is 0. The van der Waals surface area contributed by atoms with E-state index >= 15 is 0 Å². The molecule has 0 spiro atoms. The number of ether oxygens (including phenoxy) is 2. The molecule has 1 aliphatic rings. The summed E-state index contributed by atoms with van der Waals surface area (Å²) in [7, 11) is 0. The largest absolute Gasteiger partial charge is 0.462 e. The molecule has 1 N–H and O–H groups in total. The van der Waals surface area contributed by atoms with E-state index in [2.05, 4.69) is 6.58 Å². The van der Waals surface area contributed by atoms with Crippen molar-refractivity contribution in [1.29, 1.82) is 0 Å². The summed E-state index contributed by atoms with van der Waals surface area (Å²) in [5.41, 5.74) is 0. The van der Waals surface area contributed by atoms with Crippen molar-refractivity contribution < 1.29 is 19.4 Å². The quantitative estimate of drug-likeness (QED) is 0.553. The zero-order valence-corrected chi connectivity index (χ0v) is 8.76. The van der Waals surface area contributed by atoms with Crippen molar-refractivity contribution in [1.82, 2.24) is 0 Å². The predicted molar refractivity (Wildman–Crippen MR) is 55.3 cm³/mol. The Labute approximate surface area is 89.2 Å². The molecule has 0 bridgehead atoms. The average molecular weight is 212 g/mol. The van der Waals surface area contributed by atoms with Gasteiger partial charge in [0.25, 0.3) is 0 Å². The van der Waals surface area contributed by atoms with Gasteiger partial charge in [0, 0.05) is 13.3 Å². The Bertz CT molecular complexity index is 259. The molecular weight excluding hydrogens is 196 g/mol. The van der Waals surface area contributed by atoms with Crippen molar-refractivity contribution in [2.45, 2.75) is 31.7 Å². The number of hydrogen-bond donors (Lipinski definition) is 1. The first-order valence-electron chi connectivity index (χ1n) is 4.89. The number of aliphatic hydroxyl groups excluding tert-OH is 1. The molecule has 0 aromatic heterocycles. The maximum absolute atomic E-state index is 10.5. The van der Waals surface area contributed by atoms with Crippen molar-refractivity contribution >= 4 is 5.97 Å². The lowest BCUT2D eigenvalue weighted by atomic mass is 10.1. The molecule has 1 heterocycles. The smallest absolute Gasteiger partial charge is 0.302 e. The van der Waals surface area contributed by atoms with Gasteiger partial charge in [-0.05, 0) is 6.08 Å². The number of aliphatic hydroxyl groups is 1. The topological polar surface area (TPSA) is 55.8 Å². The van der Waals surface area contributed by atoms with Crippen LogP contribution in [-0.2, 0) is 14.3 Å². The molecule has 1 rings (SSSR count). The highest BCUT2D eigenvalue weighted by Crippen LogP contribution is 2.21. The highest BCUT2D eigenvalue weighted by molar-refractivity contribution is 5.65. The summed E-state index contributed by atoms with van der Waals surface area (Å²) in [4.78, 5) is 10.5. The monoisotopic (exact) mass is 212 g/mol. The fraction of sp³-hybridized carbons (Fsp3) is 0.545. The second kappa shape index (κ2) is 5.68. The fourth-order valence-electron chi connectivity index (χ4n) is 1.40. The number of carbonyl (C=O) groups is 1. The number of esters is 1. The van der Waals surface area contributed by atoms with Gasteiger partial charge in [-0.2, -0.15) is 0 Å². The van der Waals surface area contributed by atoms with E-state index in [1.807, 2.05) is 0 Å².